The number of rotatable bonds is 6. The third kappa shape index (κ3) is 4.40. The van der Waals surface area contributed by atoms with Crippen LogP contribution in [0.25, 0.3) is 22.9 Å². The van der Waals surface area contributed by atoms with E-state index in [1.807, 2.05) is 0 Å². The number of pyridine rings is 1. The van der Waals surface area contributed by atoms with Crippen molar-refractivity contribution in [1.29, 1.82) is 0 Å². The van der Waals surface area contributed by atoms with Gasteiger partial charge in [-0.1, -0.05) is 28.6 Å². The number of aliphatic hydroxyl groups is 3. The van der Waals surface area contributed by atoms with Gasteiger partial charge in [-0.15, -0.1) is 16.4 Å². The van der Waals surface area contributed by atoms with E-state index in [1.54, 1.807) is 30.0 Å². The van der Waals surface area contributed by atoms with Gasteiger partial charge in [-0.25, -0.2) is 14.6 Å². The summed E-state index contributed by atoms with van der Waals surface area (Å²) in [5.74, 6) is 0.517. The Morgan fingerprint density at radius 1 is 1.26 bits per heavy atom. The molecule has 5 rings (SSSR count). The first-order valence-corrected chi connectivity index (χ1v) is 12.2. The van der Waals surface area contributed by atoms with Gasteiger partial charge in [0.1, 0.15) is 46.9 Å². The van der Waals surface area contributed by atoms with Gasteiger partial charge in [-0.05, 0) is 6.07 Å². The second-order valence-electron chi connectivity index (χ2n) is 7.41. The first-order valence-electron chi connectivity index (χ1n) is 10.0. The highest BCUT2D eigenvalue weighted by Gasteiger charge is 2.46. The third-order valence-electron chi connectivity index (χ3n) is 5.23. The van der Waals surface area contributed by atoms with Crippen LogP contribution in [0.2, 0.25) is 5.02 Å². The number of aliphatic hydroxyl groups excluding tert-OH is 3. The molecule has 4 aromatic heterocycles. The van der Waals surface area contributed by atoms with E-state index in [1.165, 1.54) is 22.2 Å². The Bertz CT molecular complexity index is 1270. The summed E-state index contributed by atoms with van der Waals surface area (Å²) < 4.78 is 7.20. The average Bonchev–Trinajstić information content (AvgIpc) is 3.58. The highest BCUT2D eigenvalue weighted by molar-refractivity contribution is 8.00. The fourth-order valence-electron chi connectivity index (χ4n) is 3.63. The summed E-state index contributed by atoms with van der Waals surface area (Å²) in [6.07, 6.45) is 2.84. The number of H-pyrrole nitrogens is 1. The highest BCUT2D eigenvalue weighted by Crippen LogP contribution is 2.41. The molecular weight excluding hydrogens is 504 g/mol. The van der Waals surface area contributed by atoms with Gasteiger partial charge < -0.3 is 30.8 Å². The number of imidazole rings is 1. The molecule has 12 nitrogen and oxygen atoms in total. The maximum absolute atomic E-state index is 11.2. The van der Waals surface area contributed by atoms with Crippen molar-refractivity contribution in [3.05, 3.63) is 41.3 Å². The zero-order valence-corrected chi connectivity index (χ0v) is 19.7. The van der Waals surface area contributed by atoms with Crippen LogP contribution in [0.15, 0.2) is 41.1 Å². The number of nitrogens with zero attached hydrogens (tertiary/aromatic N) is 6. The van der Waals surface area contributed by atoms with Crippen LogP contribution < -0.4 is 5.73 Å². The summed E-state index contributed by atoms with van der Waals surface area (Å²) in [4.78, 5) is 16.4. The van der Waals surface area contributed by atoms with Crippen molar-refractivity contribution >= 4 is 39.8 Å². The predicted molar refractivity (Wildman–Crippen MR) is 125 cm³/mol. The lowest BCUT2D eigenvalue weighted by molar-refractivity contribution is -0.178. The molecule has 0 unspecified atom stereocenters. The quantitative estimate of drug-likeness (QED) is 0.245. The molecule has 0 aromatic carbocycles. The van der Waals surface area contributed by atoms with Gasteiger partial charge in [0.15, 0.2) is 11.0 Å². The normalized spacial score (nSPS) is 25.0. The van der Waals surface area contributed by atoms with E-state index in [2.05, 4.69) is 30.2 Å². The monoisotopic (exact) mass is 522 g/mol. The Morgan fingerprint density at radius 3 is 2.82 bits per heavy atom. The van der Waals surface area contributed by atoms with Crippen molar-refractivity contribution in [2.75, 3.05) is 12.3 Å². The summed E-state index contributed by atoms with van der Waals surface area (Å²) in [6, 6.07) is 0.723. The number of thiazole rings is 1. The molecule has 0 spiro atoms. The maximum atomic E-state index is 11.2. The Morgan fingerprint density at radius 2 is 2.12 bits per heavy atom. The Balaban J connectivity index is 1.46. The van der Waals surface area contributed by atoms with Gasteiger partial charge in [0.05, 0.1) is 17.8 Å². The van der Waals surface area contributed by atoms with E-state index in [0.29, 0.717) is 38.0 Å². The first-order chi connectivity index (χ1) is 16.4. The van der Waals surface area contributed by atoms with Crippen LogP contribution in [0.4, 0.5) is 5.13 Å². The van der Waals surface area contributed by atoms with Crippen LogP contribution in [0.1, 0.15) is 6.04 Å². The van der Waals surface area contributed by atoms with Crippen LogP contribution in [0, 0.1) is 0 Å². The van der Waals surface area contributed by atoms with Crippen molar-refractivity contribution < 1.29 is 20.1 Å². The number of hydrogen-bond acceptors (Lipinski definition) is 12. The number of aromatic amines is 1. The molecule has 1 saturated heterocycles. The number of aromatic nitrogens is 7. The van der Waals surface area contributed by atoms with Crippen molar-refractivity contribution in [3.8, 4) is 22.9 Å². The van der Waals surface area contributed by atoms with E-state index < -0.39 is 36.4 Å². The van der Waals surface area contributed by atoms with E-state index in [9.17, 15) is 15.3 Å². The van der Waals surface area contributed by atoms with Gasteiger partial charge >= 0.3 is 0 Å². The maximum Gasteiger partial charge on any atom is 0.180 e. The number of nitrogen functional groups attached to an aromatic ring is 1. The van der Waals surface area contributed by atoms with Crippen molar-refractivity contribution in [2.45, 2.75) is 34.7 Å². The minimum absolute atomic E-state index is 0.384. The lowest BCUT2D eigenvalue weighted by atomic mass is 9.97. The van der Waals surface area contributed by atoms with Crippen LogP contribution in [0.3, 0.4) is 0 Å². The number of nitrogens with two attached hydrogens (primary N) is 1. The fourth-order valence-corrected chi connectivity index (χ4v) is 5.62. The lowest BCUT2D eigenvalue weighted by Gasteiger charge is -2.41. The molecule has 4 aromatic rings. The first kappa shape index (κ1) is 23.2. The molecule has 6 N–H and O–H groups in total. The SMILES string of the molecule is Nc1nc(-c2cn([C@@H]3[C@@H](O)[C@@H](Sc4cc(Cl)cnc4-c4ncc[nH]4)O[C@H](CO)[C@@H]3O)nn2)cs1. The molecule has 1 aliphatic heterocycles. The Labute approximate surface area is 205 Å². The van der Waals surface area contributed by atoms with Crippen molar-refractivity contribution in [1.82, 2.24) is 34.9 Å². The zero-order chi connectivity index (χ0) is 23.8. The van der Waals surface area contributed by atoms with E-state index >= 15 is 0 Å². The molecule has 5 atom stereocenters. The summed E-state index contributed by atoms with van der Waals surface area (Å²) in [7, 11) is 0. The van der Waals surface area contributed by atoms with Crippen LogP contribution >= 0.6 is 34.7 Å². The molecule has 0 amide bonds. The van der Waals surface area contributed by atoms with Gasteiger partial charge in [0, 0.05) is 28.9 Å². The minimum Gasteiger partial charge on any atom is -0.394 e. The van der Waals surface area contributed by atoms with E-state index in [-0.39, 0.29) is 0 Å². The van der Waals surface area contributed by atoms with Crippen LogP contribution in [0.5, 0.6) is 0 Å². The molecule has 0 aliphatic carbocycles. The average molecular weight is 523 g/mol. The molecule has 34 heavy (non-hydrogen) atoms. The molecule has 0 bridgehead atoms. The highest BCUT2D eigenvalue weighted by atomic mass is 35.5. The standard InChI is InChI=1S/C19H19ClN8O4S2/c20-8-3-12(13(24-4-8)17-22-1-2-23-17)34-18-16(31)14(15(30)11(6-29)32-18)28-5-9(26-27-28)10-7-33-19(21)25-10/h1-5,7,11,14-16,18,29-31H,6H2,(H2,21,25)(H,22,23)/t11-,14+,15+,16-,18-/m1/s1. The van der Waals surface area contributed by atoms with Crippen molar-refractivity contribution in [3.63, 3.8) is 0 Å². The molecule has 178 valence electrons. The predicted octanol–water partition coefficient (Wildman–Crippen LogP) is 1.19. The minimum atomic E-state index is -1.26. The molecular formula is C19H19ClN8O4S2. The van der Waals surface area contributed by atoms with Crippen LogP contribution in [-0.2, 0) is 4.74 Å². The number of nitrogens with one attached hydrogen (secondary N) is 1. The van der Waals surface area contributed by atoms with E-state index in [0.717, 1.165) is 11.8 Å². The van der Waals surface area contributed by atoms with Gasteiger partial charge in [-0.2, -0.15) is 0 Å². The molecule has 0 radical (unpaired) electrons. The third-order valence-corrected chi connectivity index (χ3v) is 7.30. The Hall–Kier alpha value is -2.59. The van der Waals surface area contributed by atoms with Gasteiger partial charge in [-0.3, -0.25) is 4.98 Å². The second kappa shape index (κ2) is 9.58. The molecule has 0 saturated carbocycles. The smallest absolute Gasteiger partial charge is 0.180 e. The number of hydrogen-bond donors (Lipinski definition) is 5. The second-order valence-corrected chi connectivity index (χ2v) is 9.87. The number of thioether (sulfide) groups is 1. The van der Waals surface area contributed by atoms with Crippen molar-refractivity contribution in [2.24, 2.45) is 0 Å². The van der Waals surface area contributed by atoms with E-state index in [4.69, 9.17) is 22.1 Å². The summed E-state index contributed by atoms with van der Waals surface area (Å²) in [5, 5.41) is 42.6. The number of ether oxygens (including phenoxy) is 1. The topological polar surface area (TPSA) is 181 Å². The molecule has 5 heterocycles. The molecule has 1 aliphatic rings. The summed E-state index contributed by atoms with van der Waals surface area (Å²) in [6.45, 7) is -0.468. The Kier molecular flexibility index (Phi) is 6.52. The number of halogens is 1. The largest absolute Gasteiger partial charge is 0.394 e. The molecule has 1 fully saturated rings. The van der Waals surface area contributed by atoms with Gasteiger partial charge in [0.25, 0.3) is 0 Å². The summed E-state index contributed by atoms with van der Waals surface area (Å²) in [5.41, 5.74) is 6.28. The summed E-state index contributed by atoms with van der Waals surface area (Å²) >= 11 is 8.58. The zero-order valence-electron chi connectivity index (χ0n) is 17.3. The van der Waals surface area contributed by atoms with Crippen LogP contribution in [-0.4, -0.2) is 80.6 Å². The fraction of sp³-hybridized carbons (Fsp3) is 0.316. The molecule has 15 heteroatoms. The lowest BCUT2D eigenvalue weighted by Crippen LogP contribution is -2.55. The van der Waals surface area contributed by atoms with Gasteiger partial charge in [0.2, 0.25) is 0 Å². The number of anilines is 1.